The van der Waals surface area contributed by atoms with Crippen LogP contribution < -0.4 is 10.1 Å². The maximum atomic E-state index is 12.5. The lowest BCUT2D eigenvalue weighted by atomic mass is 10.0. The summed E-state index contributed by atoms with van der Waals surface area (Å²) < 4.78 is 17.0. The SMILES string of the molecule is CC.CCC(CCC(=O)OC(C)(C)O)Cn1cc2c(OCO)c(C(=O)NCCOC)ccc2n1. The molecule has 0 spiro atoms. The van der Waals surface area contributed by atoms with Crippen LogP contribution in [0, 0.1) is 5.92 Å². The first-order chi connectivity index (χ1) is 16.2. The zero-order valence-corrected chi connectivity index (χ0v) is 21.1. The van der Waals surface area contributed by atoms with Gasteiger partial charge in [0.2, 0.25) is 5.79 Å². The second kappa shape index (κ2) is 14.5. The van der Waals surface area contributed by atoms with Gasteiger partial charge in [-0.3, -0.25) is 14.3 Å². The molecule has 1 amide bonds. The number of aliphatic hydroxyl groups excluding tert-OH is 1. The van der Waals surface area contributed by atoms with Crippen molar-refractivity contribution >= 4 is 22.8 Å². The summed E-state index contributed by atoms with van der Waals surface area (Å²) in [7, 11) is 1.55. The molecule has 0 aliphatic carbocycles. The Morgan fingerprint density at radius 3 is 2.56 bits per heavy atom. The average molecular weight is 482 g/mol. The topological polar surface area (TPSA) is 132 Å². The van der Waals surface area contributed by atoms with Crippen molar-refractivity contribution in [2.24, 2.45) is 5.92 Å². The summed E-state index contributed by atoms with van der Waals surface area (Å²) in [4.78, 5) is 24.4. The van der Waals surface area contributed by atoms with Crippen LogP contribution in [0.4, 0.5) is 0 Å². The third-order valence-electron chi connectivity index (χ3n) is 4.88. The number of rotatable bonds is 13. The van der Waals surface area contributed by atoms with Crippen LogP contribution in [0.25, 0.3) is 10.9 Å². The lowest BCUT2D eigenvalue weighted by molar-refractivity contribution is -0.195. The van der Waals surface area contributed by atoms with Gasteiger partial charge in [-0.15, -0.1) is 0 Å². The number of carbonyl (C=O) groups excluding carboxylic acids is 2. The highest BCUT2D eigenvalue weighted by molar-refractivity contribution is 6.03. The molecule has 0 aliphatic heterocycles. The van der Waals surface area contributed by atoms with E-state index >= 15 is 0 Å². The van der Waals surface area contributed by atoms with Gasteiger partial charge in [-0.2, -0.15) is 5.10 Å². The van der Waals surface area contributed by atoms with Crippen LogP contribution >= 0.6 is 0 Å². The van der Waals surface area contributed by atoms with Gasteiger partial charge in [-0.05, 0) is 24.5 Å². The summed E-state index contributed by atoms with van der Waals surface area (Å²) in [6.07, 6.45) is 3.35. The van der Waals surface area contributed by atoms with Gasteiger partial charge >= 0.3 is 5.97 Å². The van der Waals surface area contributed by atoms with Crippen molar-refractivity contribution in [1.29, 1.82) is 0 Å². The molecule has 0 radical (unpaired) electrons. The fourth-order valence-electron chi connectivity index (χ4n) is 3.31. The van der Waals surface area contributed by atoms with Crippen molar-refractivity contribution < 1.29 is 34.0 Å². The van der Waals surface area contributed by atoms with E-state index < -0.39 is 18.5 Å². The highest BCUT2D eigenvalue weighted by Crippen LogP contribution is 2.30. The van der Waals surface area contributed by atoms with Crippen molar-refractivity contribution in [3.8, 4) is 5.75 Å². The zero-order chi connectivity index (χ0) is 25.7. The molecule has 192 valence electrons. The van der Waals surface area contributed by atoms with Gasteiger partial charge in [0.1, 0.15) is 5.75 Å². The highest BCUT2D eigenvalue weighted by atomic mass is 16.7. The molecule has 1 atom stereocenters. The van der Waals surface area contributed by atoms with E-state index in [4.69, 9.17) is 14.2 Å². The molecule has 1 aromatic carbocycles. The molecule has 0 aliphatic rings. The number of ether oxygens (including phenoxy) is 3. The first-order valence-corrected chi connectivity index (χ1v) is 11.6. The summed E-state index contributed by atoms with van der Waals surface area (Å²) in [5.41, 5.74) is 0.918. The maximum absolute atomic E-state index is 12.5. The summed E-state index contributed by atoms with van der Waals surface area (Å²) >= 11 is 0. The van der Waals surface area contributed by atoms with Crippen molar-refractivity contribution in [3.63, 3.8) is 0 Å². The van der Waals surface area contributed by atoms with Gasteiger partial charge in [-0.25, -0.2) is 0 Å². The van der Waals surface area contributed by atoms with Gasteiger partial charge in [0, 0.05) is 46.7 Å². The Hall–Kier alpha value is -2.69. The maximum Gasteiger partial charge on any atom is 0.308 e. The standard InChI is InChI=1S/C22H33N3O7.C2H6/c1-5-15(6-9-19(27)32-22(2,3)29)12-25-13-17-18(24-25)8-7-16(20(17)31-14-26)21(28)23-10-11-30-4;1-2/h7-8,13,15,26,29H,5-6,9-12,14H2,1-4H3,(H,23,28);1-2H3. The van der Waals surface area contributed by atoms with Crippen LogP contribution in [-0.4, -0.2) is 64.7 Å². The Morgan fingerprint density at radius 1 is 1.26 bits per heavy atom. The first-order valence-electron chi connectivity index (χ1n) is 11.6. The molecule has 1 unspecified atom stereocenters. The van der Waals surface area contributed by atoms with Gasteiger partial charge in [0.15, 0.2) is 6.79 Å². The van der Waals surface area contributed by atoms with Crippen molar-refractivity contribution in [3.05, 3.63) is 23.9 Å². The van der Waals surface area contributed by atoms with Crippen molar-refractivity contribution in [2.75, 3.05) is 27.1 Å². The van der Waals surface area contributed by atoms with Gasteiger partial charge in [-0.1, -0.05) is 27.2 Å². The number of aromatic nitrogens is 2. The number of hydrogen-bond donors (Lipinski definition) is 3. The smallest absolute Gasteiger partial charge is 0.308 e. The fourth-order valence-corrected chi connectivity index (χ4v) is 3.31. The second-order valence-electron chi connectivity index (χ2n) is 7.98. The molecule has 0 fully saturated rings. The molecule has 3 N–H and O–H groups in total. The Balaban J connectivity index is 0.00000281. The molecular weight excluding hydrogens is 442 g/mol. The number of carbonyl (C=O) groups is 2. The molecule has 2 rings (SSSR count). The zero-order valence-electron chi connectivity index (χ0n) is 21.1. The molecule has 0 bridgehead atoms. The number of nitrogens with one attached hydrogen (secondary N) is 1. The number of benzene rings is 1. The Bertz CT molecular complexity index is 906. The molecule has 0 saturated heterocycles. The number of aliphatic hydroxyl groups is 2. The second-order valence-corrected chi connectivity index (χ2v) is 7.98. The molecule has 10 nitrogen and oxygen atoms in total. The minimum Gasteiger partial charge on any atom is -0.466 e. The lowest BCUT2D eigenvalue weighted by Gasteiger charge is -2.19. The van der Waals surface area contributed by atoms with E-state index in [9.17, 15) is 19.8 Å². The van der Waals surface area contributed by atoms with Crippen LogP contribution in [0.15, 0.2) is 18.3 Å². The number of nitrogens with zero attached hydrogens (tertiary/aromatic N) is 2. The van der Waals surface area contributed by atoms with Crippen molar-refractivity contribution in [1.82, 2.24) is 15.1 Å². The van der Waals surface area contributed by atoms with E-state index in [0.717, 1.165) is 6.42 Å². The van der Waals surface area contributed by atoms with E-state index in [1.54, 1.807) is 30.1 Å². The summed E-state index contributed by atoms with van der Waals surface area (Å²) in [5.74, 6) is -1.87. The third kappa shape index (κ3) is 9.28. The number of fused-ring (bicyclic) bond motifs is 1. The Kier molecular flexibility index (Phi) is 12.6. The van der Waals surface area contributed by atoms with E-state index in [1.165, 1.54) is 13.8 Å². The normalized spacial score (nSPS) is 12.0. The van der Waals surface area contributed by atoms with Crippen LogP contribution in [0.5, 0.6) is 5.75 Å². The number of hydrogen-bond acceptors (Lipinski definition) is 8. The molecule has 0 saturated carbocycles. The summed E-state index contributed by atoms with van der Waals surface area (Å²) in [6, 6.07) is 3.33. The highest BCUT2D eigenvalue weighted by Gasteiger charge is 2.21. The first kappa shape index (κ1) is 29.3. The largest absolute Gasteiger partial charge is 0.466 e. The lowest BCUT2D eigenvalue weighted by Crippen LogP contribution is -2.27. The molecule has 34 heavy (non-hydrogen) atoms. The van der Waals surface area contributed by atoms with E-state index in [-0.39, 0.29) is 24.0 Å². The van der Waals surface area contributed by atoms with Crippen LogP contribution in [0.3, 0.4) is 0 Å². The third-order valence-corrected chi connectivity index (χ3v) is 4.88. The van der Waals surface area contributed by atoms with Gasteiger partial charge in [0.05, 0.1) is 23.1 Å². The van der Waals surface area contributed by atoms with E-state index in [0.29, 0.717) is 42.6 Å². The number of esters is 1. The van der Waals surface area contributed by atoms with Gasteiger partial charge < -0.3 is 29.7 Å². The Morgan fingerprint density at radius 2 is 1.97 bits per heavy atom. The van der Waals surface area contributed by atoms with E-state index in [1.807, 2.05) is 20.8 Å². The van der Waals surface area contributed by atoms with Crippen LogP contribution in [0.2, 0.25) is 0 Å². The van der Waals surface area contributed by atoms with Crippen LogP contribution in [0.1, 0.15) is 64.2 Å². The quantitative estimate of drug-likeness (QED) is 0.226. The molecule has 10 heteroatoms. The monoisotopic (exact) mass is 481 g/mol. The van der Waals surface area contributed by atoms with Crippen LogP contribution in [-0.2, 0) is 20.8 Å². The predicted molar refractivity (Wildman–Crippen MR) is 128 cm³/mol. The molecule has 1 heterocycles. The fraction of sp³-hybridized carbons (Fsp3) is 0.625. The predicted octanol–water partition coefficient (Wildman–Crippen LogP) is 2.85. The minimum atomic E-state index is -1.49. The van der Waals surface area contributed by atoms with Gasteiger partial charge in [0.25, 0.3) is 5.91 Å². The molecule has 2 aromatic rings. The molecular formula is C24H39N3O7. The van der Waals surface area contributed by atoms with E-state index in [2.05, 4.69) is 10.4 Å². The number of amides is 1. The molecule has 1 aromatic heterocycles. The Labute approximate surface area is 201 Å². The number of methoxy groups -OCH3 is 1. The summed E-state index contributed by atoms with van der Waals surface area (Å²) in [5, 5.41) is 26.8. The summed E-state index contributed by atoms with van der Waals surface area (Å²) in [6.45, 7) is 9.55. The minimum absolute atomic E-state index is 0.151. The van der Waals surface area contributed by atoms with Crippen molar-refractivity contribution in [2.45, 2.75) is 66.2 Å². The average Bonchev–Trinajstić information content (AvgIpc) is 3.20.